The molecule has 21 heavy (non-hydrogen) atoms. The molecule has 0 bridgehead atoms. The van der Waals surface area contributed by atoms with E-state index in [1.54, 1.807) is 12.1 Å². The summed E-state index contributed by atoms with van der Waals surface area (Å²) in [6.45, 7) is 0.658. The van der Waals surface area contributed by atoms with E-state index in [0.29, 0.717) is 24.3 Å². The van der Waals surface area contributed by atoms with Crippen LogP contribution in [0.15, 0.2) is 46.9 Å². The lowest BCUT2D eigenvalue weighted by atomic mass is 9.93. The van der Waals surface area contributed by atoms with Crippen LogP contribution < -0.4 is 5.73 Å². The maximum absolute atomic E-state index is 12.5. The highest BCUT2D eigenvalue weighted by atomic mass is 79.9. The van der Waals surface area contributed by atoms with E-state index in [9.17, 15) is 4.79 Å². The number of benzene rings is 2. The monoisotopic (exact) mass is 345 g/mol. The Morgan fingerprint density at radius 3 is 2.90 bits per heavy atom. The van der Waals surface area contributed by atoms with Crippen LogP contribution in [0.25, 0.3) is 0 Å². The molecule has 0 aromatic heterocycles. The van der Waals surface area contributed by atoms with E-state index >= 15 is 0 Å². The van der Waals surface area contributed by atoms with Crippen LogP contribution in [0.5, 0.6) is 0 Å². The third-order valence-corrected chi connectivity index (χ3v) is 4.27. The minimum atomic E-state index is -0.175. The number of hydrogen-bond donors (Lipinski definition) is 1. The van der Waals surface area contributed by atoms with E-state index < -0.39 is 0 Å². The summed E-state index contributed by atoms with van der Waals surface area (Å²) < 4.78 is 6.66. The predicted octanol–water partition coefficient (Wildman–Crippen LogP) is 3.92. The molecule has 0 saturated carbocycles. The predicted molar refractivity (Wildman–Crippen MR) is 86.3 cm³/mol. The number of carbonyl (C=O) groups excluding carboxylic acids is 1. The number of nitrogens with two attached hydrogens (primary N) is 1. The van der Waals surface area contributed by atoms with Crippen molar-refractivity contribution in [3.63, 3.8) is 0 Å². The molecule has 4 heteroatoms. The zero-order valence-corrected chi connectivity index (χ0v) is 13.1. The van der Waals surface area contributed by atoms with Crippen molar-refractivity contribution in [1.29, 1.82) is 0 Å². The third-order valence-electron chi connectivity index (χ3n) is 3.78. The Kier molecular flexibility index (Phi) is 4.08. The van der Waals surface area contributed by atoms with Crippen LogP contribution in [0.2, 0.25) is 0 Å². The highest BCUT2D eigenvalue weighted by Gasteiger charge is 2.24. The fourth-order valence-corrected chi connectivity index (χ4v) is 3.09. The summed E-state index contributed by atoms with van der Waals surface area (Å²) in [7, 11) is 0. The first-order valence-electron chi connectivity index (χ1n) is 6.93. The lowest BCUT2D eigenvalue weighted by Gasteiger charge is -2.25. The molecule has 108 valence electrons. The molecule has 1 aliphatic heterocycles. The number of carbonyl (C=O) groups is 1. The summed E-state index contributed by atoms with van der Waals surface area (Å²) in [5.41, 5.74) is 9.38. The summed E-state index contributed by atoms with van der Waals surface area (Å²) in [4.78, 5) is 12.5. The SMILES string of the molecule is Nc1cc(Br)ccc1C(=O)CC1OCCc2ccccc21. The van der Waals surface area contributed by atoms with Crippen molar-refractivity contribution < 1.29 is 9.53 Å². The molecule has 0 radical (unpaired) electrons. The van der Waals surface area contributed by atoms with Gasteiger partial charge in [0.05, 0.1) is 12.7 Å². The lowest BCUT2D eigenvalue weighted by molar-refractivity contribution is 0.0352. The maximum atomic E-state index is 12.5. The number of hydrogen-bond acceptors (Lipinski definition) is 3. The van der Waals surface area contributed by atoms with Gasteiger partial charge in [0.2, 0.25) is 0 Å². The number of fused-ring (bicyclic) bond motifs is 1. The van der Waals surface area contributed by atoms with E-state index in [-0.39, 0.29) is 11.9 Å². The second kappa shape index (κ2) is 6.00. The van der Waals surface area contributed by atoms with Crippen molar-refractivity contribution in [3.8, 4) is 0 Å². The number of ether oxygens (including phenoxy) is 1. The van der Waals surface area contributed by atoms with Gasteiger partial charge >= 0.3 is 0 Å². The Morgan fingerprint density at radius 2 is 2.10 bits per heavy atom. The van der Waals surface area contributed by atoms with Crippen LogP contribution in [0.1, 0.15) is 34.0 Å². The van der Waals surface area contributed by atoms with Crippen LogP contribution >= 0.6 is 15.9 Å². The summed E-state index contributed by atoms with van der Waals surface area (Å²) in [5.74, 6) is 0.0155. The fourth-order valence-electron chi connectivity index (χ4n) is 2.71. The molecule has 1 atom stereocenters. The average molecular weight is 346 g/mol. The zero-order valence-electron chi connectivity index (χ0n) is 11.5. The van der Waals surface area contributed by atoms with E-state index in [0.717, 1.165) is 16.5 Å². The molecule has 1 unspecified atom stereocenters. The fraction of sp³-hybridized carbons (Fsp3) is 0.235. The van der Waals surface area contributed by atoms with Gasteiger partial charge in [-0.05, 0) is 35.7 Å². The molecule has 3 nitrogen and oxygen atoms in total. The lowest BCUT2D eigenvalue weighted by Crippen LogP contribution is -2.19. The van der Waals surface area contributed by atoms with Crippen LogP contribution in [-0.4, -0.2) is 12.4 Å². The zero-order chi connectivity index (χ0) is 14.8. The summed E-state index contributed by atoms with van der Waals surface area (Å²) >= 11 is 3.35. The number of rotatable bonds is 3. The van der Waals surface area contributed by atoms with Crippen LogP contribution in [-0.2, 0) is 11.2 Å². The van der Waals surface area contributed by atoms with Crippen molar-refractivity contribution in [2.45, 2.75) is 18.9 Å². The first-order chi connectivity index (χ1) is 10.1. The minimum absolute atomic E-state index is 0.0155. The average Bonchev–Trinajstić information content (AvgIpc) is 2.47. The first kappa shape index (κ1) is 14.3. The van der Waals surface area contributed by atoms with Gasteiger partial charge < -0.3 is 10.5 Å². The van der Waals surface area contributed by atoms with Crippen molar-refractivity contribution in [2.24, 2.45) is 0 Å². The Bertz CT molecular complexity index is 684. The Labute approximate surface area is 132 Å². The molecule has 0 spiro atoms. The molecule has 0 fully saturated rings. The smallest absolute Gasteiger partial charge is 0.167 e. The molecule has 2 aromatic rings. The molecule has 3 rings (SSSR count). The minimum Gasteiger partial charge on any atom is -0.398 e. The van der Waals surface area contributed by atoms with Crippen molar-refractivity contribution in [3.05, 3.63) is 63.6 Å². The van der Waals surface area contributed by atoms with Gasteiger partial charge in [0.25, 0.3) is 0 Å². The van der Waals surface area contributed by atoms with E-state index in [1.165, 1.54) is 5.56 Å². The van der Waals surface area contributed by atoms with E-state index in [2.05, 4.69) is 22.0 Å². The van der Waals surface area contributed by atoms with Gasteiger partial charge in [-0.3, -0.25) is 4.79 Å². The largest absolute Gasteiger partial charge is 0.398 e. The van der Waals surface area contributed by atoms with E-state index in [1.807, 2.05) is 24.3 Å². The molecule has 1 aliphatic rings. The summed E-state index contributed by atoms with van der Waals surface area (Å²) in [6.07, 6.45) is 1.05. The first-order valence-corrected chi connectivity index (χ1v) is 7.72. The highest BCUT2D eigenvalue weighted by Crippen LogP contribution is 2.31. The van der Waals surface area contributed by atoms with Crippen molar-refractivity contribution in [2.75, 3.05) is 12.3 Å². The van der Waals surface area contributed by atoms with Crippen LogP contribution in [0.4, 0.5) is 5.69 Å². The third kappa shape index (κ3) is 3.01. The quantitative estimate of drug-likeness (QED) is 0.677. The number of ketones is 1. The van der Waals surface area contributed by atoms with Crippen molar-refractivity contribution in [1.82, 2.24) is 0 Å². The number of nitrogen functional groups attached to an aromatic ring is 1. The summed E-state index contributed by atoms with van der Waals surface area (Å²) in [5, 5.41) is 0. The maximum Gasteiger partial charge on any atom is 0.167 e. The Morgan fingerprint density at radius 1 is 1.29 bits per heavy atom. The standard InChI is InChI=1S/C17H16BrNO2/c18-12-5-6-14(15(19)9-12)16(20)10-17-13-4-2-1-3-11(13)7-8-21-17/h1-6,9,17H,7-8,10,19H2. The van der Waals surface area contributed by atoms with Gasteiger partial charge in [0.15, 0.2) is 5.78 Å². The van der Waals surface area contributed by atoms with Gasteiger partial charge in [-0.2, -0.15) is 0 Å². The molecular formula is C17H16BrNO2. The van der Waals surface area contributed by atoms with Crippen LogP contribution in [0, 0.1) is 0 Å². The normalized spacial score (nSPS) is 17.3. The van der Waals surface area contributed by atoms with Crippen molar-refractivity contribution >= 4 is 27.4 Å². The molecule has 2 N–H and O–H groups in total. The number of Topliss-reactive ketones (excluding diaryl/α,β-unsaturated/α-hetero) is 1. The van der Waals surface area contributed by atoms with Gasteiger partial charge in [-0.1, -0.05) is 40.2 Å². The van der Waals surface area contributed by atoms with Gasteiger partial charge in [0.1, 0.15) is 0 Å². The summed E-state index contributed by atoms with van der Waals surface area (Å²) in [6, 6.07) is 13.5. The van der Waals surface area contributed by atoms with Gasteiger partial charge in [0, 0.05) is 22.1 Å². The second-order valence-electron chi connectivity index (χ2n) is 5.17. The molecule has 0 amide bonds. The van der Waals surface area contributed by atoms with Gasteiger partial charge in [-0.15, -0.1) is 0 Å². The van der Waals surface area contributed by atoms with Crippen LogP contribution in [0.3, 0.4) is 0 Å². The molecule has 0 saturated heterocycles. The number of anilines is 1. The highest BCUT2D eigenvalue weighted by molar-refractivity contribution is 9.10. The van der Waals surface area contributed by atoms with Gasteiger partial charge in [-0.25, -0.2) is 0 Å². The topological polar surface area (TPSA) is 52.3 Å². The molecule has 2 aromatic carbocycles. The Balaban J connectivity index is 1.83. The Hall–Kier alpha value is -1.65. The second-order valence-corrected chi connectivity index (χ2v) is 6.08. The molecule has 1 heterocycles. The molecular weight excluding hydrogens is 330 g/mol. The molecule has 0 aliphatic carbocycles. The van der Waals surface area contributed by atoms with E-state index in [4.69, 9.17) is 10.5 Å². The number of halogens is 1.